The highest BCUT2D eigenvalue weighted by Crippen LogP contribution is 2.13. The molecule has 0 rings (SSSR count). The number of methoxy groups -OCH3 is 1. The van der Waals surface area contributed by atoms with Crippen molar-refractivity contribution < 1.29 is 4.74 Å². The molecule has 0 bridgehead atoms. The molecule has 0 heterocycles. The van der Waals surface area contributed by atoms with E-state index in [2.05, 4.69) is 11.1 Å². The van der Waals surface area contributed by atoms with E-state index in [1.807, 2.05) is 34.6 Å². The zero-order valence-electron chi connectivity index (χ0n) is 9.96. The third kappa shape index (κ3) is 4.38. The topological polar surface area (TPSA) is 45.4 Å². The Balaban J connectivity index is 4.89. The van der Waals surface area contributed by atoms with E-state index in [4.69, 9.17) is 10.00 Å². The van der Waals surface area contributed by atoms with Crippen LogP contribution in [0.2, 0.25) is 0 Å². The Bertz CT molecular complexity index is 243. The first-order valence-electron chi connectivity index (χ1n) is 4.84. The van der Waals surface area contributed by atoms with Crippen LogP contribution in [-0.4, -0.2) is 24.5 Å². The summed E-state index contributed by atoms with van der Waals surface area (Å²) in [5.74, 6) is 0.265. The fourth-order valence-electron chi connectivity index (χ4n) is 1.21. The molecular formula is C11H20N2O. The van der Waals surface area contributed by atoms with Gasteiger partial charge in [-0.2, -0.15) is 5.26 Å². The lowest BCUT2D eigenvalue weighted by molar-refractivity contribution is 0.119. The van der Waals surface area contributed by atoms with Gasteiger partial charge in [0.15, 0.2) is 0 Å². The largest absolute Gasteiger partial charge is 0.374 e. The van der Waals surface area contributed by atoms with E-state index >= 15 is 0 Å². The summed E-state index contributed by atoms with van der Waals surface area (Å²) in [6.07, 6.45) is -0.195. The molecule has 0 aromatic rings. The molecule has 0 fully saturated rings. The van der Waals surface area contributed by atoms with Crippen LogP contribution in [0.5, 0.6) is 0 Å². The second-order valence-electron chi connectivity index (χ2n) is 4.68. The number of hydrogen-bond acceptors (Lipinski definition) is 3. The number of aliphatic imine (C=N–C) groups is 1. The van der Waals surface area contributed by atoms with Crippen molar-refractivity contribution in [3.63, 3.8) is 0 Å². The Hall–Kier alpha value is -0.880. The molecule has 0 saturated heterocycles. The Kier molecular flexibility index (Phi) is 4.79. The smallest absolute Gasteiger partial charge is 0.142 e. The number of nitrogens with zero attached hydrogens (tertiary/aromatic N) is 2. The molecule has 0 aromatic carbocycles. The highest BCUT2D eigenvalue weighted by atomic mass is 16.5. The van der Waals surface area contributed by atoms with Crippen molar-refractivity contribution in [1.29, 1.82) is 5.26 Å². The van der Waals surface area contributed by atoms with Gasteiger partial charge in [0, 0.05) is 7.11 Å². The fraction of sp³-hybridized carbons (Fsp3) is 0.818. The summed E-state index contributed by atoms with van der Waals surface area (Å²) < 4.78 is 5.26. The summed E-state index contributed by atoms with van der Waals surface area (Å²) in [4.78, 5) is 4.35. The molecule has 0 amide bonds. The predicted molar refractivity (Wildman–Crippen MR) is 58.4 cm³/mol. The van der Waals surface area contributed by atoms with E-state index in [0.29, 0.717) is 5.71 Å². The molecule has 1 atom stereocenters. The Morgan fingerprint density at radius 2 is 1.86 bits per heavy atom. The van der Waals surface area contributed by atoms with E-state index in [1.54, 1.807) is 7.11 Å². The van der Waals surface area contributed by atoms with E-state index in [0.717, 1.165) is 0 Å². The van der Waals surface area contributed by atoms with Crippen LogP contribution in [0.1, 0.15) is 34.6 Å². The van der Waals surface area contributed by atoms with Gasteiger partial charge in [0.05, 0.1) is 5.54 Å². The number of rotatable bonds is 3. The van der Waals surface area contributed by atoms with Gasteiger partial charge in [-0.1, -0.05) is 13.8 Å². The molecule has 0 saturated carbocycles. The standard InChI is InChI=1S/C11H20N2O/c1-8(2)10(14-6)9(7-12)13-11(3,4)5/h8,10H,1-6H3. The molecule has 0 aliphatic heterocycles. The van der Waals surface area contributed by atoms with E-state index in [1.165, 1.54) is 0 Å². The summed E-state index contributed by atoms with van der Waals surface area (Å²) in [6.45, 7) is 9.94. The molecule has 0 aliphatic carbocycles. The summed E-state index contributed by atoms with van der Waals surface area (Å²) in [5.41, 5.74) is 0.256. The summed E-state index contributed by atoms with van der Waals surface area (Å²) in [5, 5.41) is 8.98. The highest BCUT2D eigenvalue weighted by molar-refractivity contribution is 6.02. The van der Waals surface area contributed by atoms with E-state index in [9.17, 15) is 0 Å². The second-order valence-corrected chi connectivity index (χ2v) is 4.68. The van der Waals surface area contributed by atoms with Crippen LogP contribution in [0.15, 0.2) is 4.99 Å². The minimum absolute atomic E-state index is 0.195. The zero-order chi connectivity index (χ0) is 11.4. The average Bonchev–Trinajstić information content (AvgIpc) is 2.00. The van der Waals surface area contributed by atoms with Gasteiger partial charge in [0.1, 0.15) is 17.9 Å². The SMILES string of the molecule is COC(C(C#N)=NC(C)(C)C)C(C)C. The predicted octanol–water partition coefficient (Wildman–Crippen LogP) is 2.42. The minimum Gasteiger partial charge on any atom is -0.374 e. The first-order valence-corrected chi connectivity index (χ1v) is 4.84. The molecule has 0 radical (unpaired) electrons. The quantitative estimate of drug-likeness (QED) is 0.651. The van der Waals surface area contributed by atoms with Crippen molar-refractivity contribution in [2.75, 3.05) is 7.11 Å². The third-order valence-electron chi connectivity index (χ3n) is 1.70. The van der Waals surface area contributed by atoms with Crippen molar-refractivity contribution in [1.82, 2.24) is 0 Å². The number of nitriles is 1. The molecule has 14 heavy (non-hydrogen) atoms. The molecule has 0 aliphatic rings. The molecule has 0 N–H and O–H groups in total. The van der Waals surface area contributed by atoms with E-state index < -0.39 is 0 Å². The van der Waals surface area contributed by atoms with E-state index in [-0.39, 0.29) is 17.6 Å². The van der Waals surface area contributed by atoms with Crippen LogP contribution in [0, 0.1) is 17.2 Å². The van der Waals surface area contributed by atoms with Crippen LogP contribution in [0.3, 0.4) is 0 Å². The Labute approximate surface area is 86.8 Å². The molecule has 0 spiro atoms. The fourth-order valence-corrected chi connectivity index (χ4v) is 1.21. The average molecular weight is 196 g/mol. The summed E-state index contributed by atoms with van der Waals surface area (Å²) >= 11 is 0. The molecule has 80 valence electrons. The molecule has 1 unspecified atom stereocenters. The van der Waals surface area contributed by atoms with Gasteiger partial charge in [-0.15, -0.1) is 0 Å². The van der Waals surface area contributed by atoms with Crippen LogP contribution in [-0.2, 0) is 4.74 Å². The van der Waals surface area contributed by atoms with Gasteiger partial charge in [0.2, 0.25) is 0 Å². The lowest BCUT2D eigenvalue weighted by Crippen LogP contribution is -2.30. The minimum atomic E-state index is -0.225. The Morgan fingerprint density at radius 1 is 1.36 bits per heavy atom. The van der Waals surface area contributed by atoms with Gasteiger partial charge in [-0.3, -0.25) is 4.99 Å². The van der Waals surface area contributed by atoms with Crippen LogP contribution < -0.4 is 0 Å². The zero-order valence-corrected chi connectivity index (χ0v) is 9.96. The molecule has 3 nitrogen and oxygen atoms in total. The van der Waals surface area contributed by atoms with Crippen molar-refractivity contribution in [3.05, 3.63) is 0 Å². The summed E-state index contributed by atoms with van der Waals surface area (Å²) in [6, 6.07) is 2.12. The first kappa shape index (κ1) is 13.1. The van der Waals surface area contributed by atoms with Gasteiger partial charge in [0.25, 0.3) is 0 Å². The normalized spacial score (nSPS) is 15.4. The number of hydrogen-bond donors (Lipinski definition) is 0. The van der Waals surface area contributed by atoms with Crippen molar-refractivity contribution in [2.24, 2.45) is 10.9 Å². The molecule has 3 heteroatoms. The maximum absolute atomic E-state index is 8.98. The molecule has 0 aromatic heterocycles. The van der Waals surface area contributed by atoms with Crippen LogP contribution in [0.25, 0.3) is 0 Å². The first-order chi connectivity index (χ1) is 6.31. The highest BCUT2D eigenvalue weighted by Gasteiger charge is 2.21. The Morgan fingerprint density at radius 3 is 2.07 bits per heavy atom. The van der Waals surface area contributed by atoms with Crippen molar-refractivity contribution in [3.8, 4) is 6.07 Å². The monoisotopic (exact) mass is 196 g/mol. The maximum Gasteiger partial charge on any atom is 0.142 e. The van der Waals surface area contributed by atoms with Crippen LogP contribution in [0.4, 0.5) is 0 Å². The lowest BCUT2D eigenvalue weighted by Gasteiger charge is -2.20. The number of ether oxygens (including phenoxy) is 1. The van der Waals surface area contributed by atoms with Gasteiger partial charge in [-0.05, 0) is 26.7 Å². The maximum atomic E-state index is 8.98. The third-order valence-corrected chi connectivity index (χ3v) is 1.70. The van der Waals surface area contributed by atoms with Gasteiger partial charge < -0.3 is 4.74 Å². The second kappa shape index (κ2) is 5.11. The van der Waals surface area contributed by atoms with Crippen molar-refractivity contribution >= 4 is 5.71 Å². The van der Waals surface area contributed by atoms with Gasteiger partial charge >= 0.3 is 0 Å². The van der Waals surface area contributed by atoms with Crippen LogP contribution >= 0.6 is 0 Å². The van der Waals surface area contributed by atoms with Crippen molar-refractivity contribution in [2.45, 2.75) is 46.3 Å². The summed E-state index contributed by atoms with van der Waals surface area (Å²) in [7, 11) is 1.61. The van der Waals surface area contributed by atoms with Gasteiger partial charge in [-0.25, -0.2) is 0 Å². The molecular weight excluding hydrogens is 176 g/mol. The lowest BCUT2D eigenvalue weighted by atomic mass is 10.0.